The Morgan fingerprint density at radius 1 is 1.33 bits per heavy atom. The highest BCUT2D eigenvalue weighted by atomic mass is 16.2. The van der Waals surface area contributed by atoms with Crippen molar-refractivity contribution in [2.75, 3.05) is 6.54 Å². The molecule has 1 aromatic carbocycles. The summed E-state index contributed by atoms with van der Waals surface area (Å²) in [7, 11) is 0. The van der Waals surface area contributed by atoms with Crippen LogP contribution in [0.25, 0.3) is 0 Å². The molecule has 1 aliphatic carbocycles. The van der Waals surface area contributed by atoms with E-state index in [4.69, 9.17) is 0 Å². The van der Waals surface area contributed by atoms with Crippen LogP contribution in [0.1, 0.15) is 38.7 Å². The van der Waals surface area contributed by atoms with Gasteiger partial charge in [-0.15, -0.1) is 0 Å². The normalized spacial score (nSPS) is 24.7. The Morgan fingerprint density at radius 2 is 2.00 bits per heavy atom. The third-order valence-electron chi connectivity index (χ3n) is 4.99. The van der Waals surface area contributed by atoms with Gasteiger partial charge < -0.3 is 10.6 Å². The first-order valence-corrected chi connectivity index (χ1v) is 8.47. The maximum atomic E-state index is 12.9. The van der Waals surface area contributed by atoms with Crippen molar-refractivity contribution >= 4 is 17.8 Å². The summed E-state index contributed by atoms with van der Waals surface area (Å²) in [5.41, 5.74) is -0.346. The maximum absolute atomic E-state index is 12.9. The molecule has 1 heterocycles. The molecule has 6 heteroatoms. The van der Waals surface area contributed by atoms with E-state index >= 15 is 0 Å². The lowest BCUT2D eigenvalue weighted by Crippen LogP contribution is -2.46. The fourth-order valence-corrected chi connectivity index (χ4v) is 3.29. The van der Waals surface area contributed by atoms with Crippen LogP contribution in [0.4, 0.5) is 4.79 Å². The number of hydrogen-bond acceptors (Lipinski definition) is 3. The highest BCUT2D eigenvalue weighted by Crippen LogP contribution is 2.33. The van der Waals surface area contributed by atoms with Crippen LogP contribution in [0, 0.1) is 5.92 Å². The number of urea groups is 1. The Hall–Kier alpha value is -2.37. The Labute approximate surface area is 141 Å². The average molecular weight is 329 g/mol. The molecule has 0 radical (unpaired) electrons. The van der Waals surface area contributed by atoms with Crippen LogP contribution in [-0.4, -0.2) is 35.3 Å². The van der Waals surface area contributed by atoms with Crippen molar-refractivity contribution in [2.24, 2.45) is 5.92 Å². The monoisotopic (exact) mass is 329 g/mol. The van der Waals surface area contributed by atoms with Crippen LogP contribution in [-0.2, 0) is 15.1 Å². The highest BCUT2D eigenvalue weighted by Gasteiger charge is 2.51. The van der Waals surface area contributed by atoms with Crippen molar-refractivity contribution < 1.29 is 14.4 Å². The van der Waals surface area contributed by atoms with Gasteiger partial charge in [-0.05, 0) is 37.7 Å². The van der Waals surface area contributed by atoms with Gasteiger partial charge >= 0.3 is 6.03 Å². The van der Waals surface area contributed by atoms with E-state index in [1.54, 1.807) is 0 Å². The van der Waals surface area contributed by atoms with Crippen molar-refractivity contribution in [3.63, 3.8) is 0 Å². The van der Waals surface area contributed by atoms with Gasteiger partial charge in [0.1, 0.15) is 12.1 Å². The second kappa shape index (κ2) is 6.26. The second-order valence-corrected chi connectivity index (χ2v) is 6.64. The van der Waals surface area contributed by atoms with Crippen molar-refractivity contribution in [1.82, 2.24) is 15.5 Å². The van der Waals surface area contributed by atoms with Crippen molar-refractivity contribution in [1.29, 1.82) is 0 Å². The number of carbonyl (C=O) groups excluding carboxylic acids is 3. The van der Waals surface area contributed by atoms with Crippen LogP contribution >= 0.6 is 0 Å². The molecule has 2 aliphatic rings. The Bertz CT molecular complexity index is 657. The predicted molar refractivity (Wildman–Crippen MR) is 89.0 cm³/mol. The van der Waals surface area contributed by atoms with Gasteiger partial charge in [0.05, 0.1) is 0 Å². The molecule has 0 bridgehead atoms. The zero-order chi connectivity index (χ0) is 17.3. The first kappa shape index (κ1) is 16.5. The first-order chi connectivity index (χ1) is 11.5. The van der Waals surface area contributed by atoms with E-state index in [0.29, 0.717) is 12.3 Å². The minimum atomic E-state index is -1.08. The molecule has 1 aromatic rings. The summed E-state index contributed by atoms with van der Waals surface area (Å²) in [5.74, 6) is -0.135. The van der Waals surface area contributed by atoms with Crippen LogP contribution in [0.2, 0.25) is 0 Å². The van der Waals surface area contributed by atoms with Gasteiger partial charge in [-0.3, -0.25) is 14.5 Å². The van der Waals surface area contributed by atoms with Crippen LogP contribution < -0.4 is 10.6 Å². The van der Waals surface area contributed by atoms with E-state index < -0.39 is 11.6 Å². The van der Waals surface area contributed by atoms with E-state index in [0.717, 1.165) is 23.3 Å². The van der Waals surface area contributed by atoms with E-state index in [-0.39, 0.29) is 24.4 Å². The van der Waals surface area contributed by atoms with Gasteiger partial charge in [0.15, 0.2) is 0 Å². The van der Waals surface area contributed by atoms with Gasteiger partial charge in [-0.25, -0.2) is 4.79 Å². The van der Waals surface area contributed by atoms with Gasteiger partial charge in [-0.2, -0.15) is 0 Å². The standard InChI is InChI=1S/C18H23N3O3/c1-3-18(14-7-5-4-6-8-14)16(23)21(17(24)20-18)11-15(22)19-12(2)13-9-10-13/h4-8,12-13H,3,9-11H2,1-2H3,(H,19,22)(H,20,24)/t12-,18+/m0/s1. The van der Waals surface area contributed by atoms with Crippen molar-refractivity contribution in [3.8, 4) is 0 Å². The van der Waals surface area contributed by atoms with Gasteiger partial charge in [0.25, 0.3) is 5.91 Å². The van der Waals surface area contributed by atoms with E-state index in [9.17, 15) is 14.4 Å². The zero-order valence-corrected chi connectivity index (χ0v) is 14.0. The lowest BCUT2D eigenvalue weighted by molar-refractivity contribution is -0.135. The van der Waals surface area contributed by atoms with Crippen LogP contribution in [0.5, 0.6) is 0 Å². The number of carbonyl (C=O) groups is 3. The SMILES string of the molecule is CC[C@]1(c2ccccc2)NC(=O)N(CC(=O)N[C@@H](C)C2CC2)C1=O. The Morgan fingerprint density at radius 3 is 2.58 bits per heavy atom. The quantitative estimate of drug-likeness (QED) is 0.781. The Kier molecular flexibility index (Phi) is 4.30. The molecule has 2 atom stereocenters. The molecule has 2 fully saturated rings. The van der Waals surface area contributed by atoms with E-state index in [2.05, 4.69) is 10.6 Å². The lowest BCUT2D eigenvalue weighted by atomic mass is 9.87. The molecule has 4 amide bonds. The predicted octanol–water partition coefficient (Wildman–Crippen LogP) is 1.76. The average Bonchev–Trinajstić information content (AvgIpc) is 3.39. The zero-order valence-electron chi connectivity index (χ0n) is 14.0. The van der Waals surface area contributed by atoms with Crippen molar-refractivity contribution in [2.45, 2.75) is 44.7 Å². The molecule has 24 heavy (non-hydrogen) atoms. The number of rotatable bonds is 6. The largest absolute Gasteiger partial charge is 0.352 e. The summed E-state index contributed by atoms with van der Waals surface area (Å²) in [6.45, 7) is 3.57. The van der Waals surface area contributed by atoms with Gasteiger partial charge in [0, 0.05) is 6.04 Å². The fraction of sp³-hybridized carbons (Fsp3) is 0.500. The molecule has 0 aromatic heterocycles. The fourth-order valence-electron chi connectivity index (χ4n) is 3.29. The molecule has 1 saturated heterocycles. The molecule has 3 rings (SSSR count). The molecule has 6 nitrogen and oxygen atoms in total. The third kappa shape index (κ3) is 2.88. The number of imide groups is 1. The summed E-state index contributed by atoms with van der Waals surface area (Å²) in [6.07, 6.45) is 2.67. The topological polar surface area (TPSA) is 78.5 Å². The summed E-state index contributed by atoms with van der Waals surface area (Å²) < 4.78 is 0. The molecule has 128 valence electrons. The lowest BCUT2D eigenvalue weighted by Gasteiger charge is -2.25. The summed E-state index contributed by atoms with van der Waals surface area (Å²) >= 11 is 0. The first-order valence-electron chi connectivity index (χ1n) is 8.47. The highest BCUT2D eigenvalue weighted by molar-refractivity contribution is 6.09. The molecular weight excluding hydrogens is 306 g/mol. The second-order valence-electron chi connectivity index (χ2n) is 6.64. The van der Waals surface area contributed by atoms with Gasteiger partial charge in [0.2, 0.25) is 5.91 Å². The maximum Gasteiger partial charge on any atom is 0.325 e. The third-order valence-corrected chi connectivity index (χ3v) is 4.99. The number of amides is 4. The number of benzene rings is 1. The van der Waals surface area contributed by atoms with Crippen LogP contribution in [0.15, 0.2) is 30.3 Å². The van der Waals surface area contributed by atoms with E-state index in [1.807, 2.05) is 44.2 Å². The van der Waals surface area contributed by atoms with E-state index in [1.165, 1.54) is 0 Å². The molecule has 1 saturated carbocycles. The van der Waals surface area contributed by atoms with Crippen LogP contribution in [0.3, 0.4) is 0 Å². The molecular formula is C18H23N3O3. The number of nitrogens with zero attached hydrogens (tertiary/aromatic N) is 1. The number of nitrogens with one attached hydrogen (secondary N) is 2. The minimum absolute atomic E-state index is 0.0864. The van der Waals surface area contributed by atoms with Crippen molar-refractivity contribution in [3.05, 3.63) is 35.9 Å². The minimum Gasteiger partial charge on any atom is -0.352 e. The van der Waals surface area contributed by atoms with Gasteiger partial charge in [-0.1, -0.05) is 37.3 Å². The Balaban J connectivity index is 1.74. The molecule has 2 N–H and O–H groups in total. The molecule has 1 aliphatic heterocycles. The molecule has 0 spiro atoms. The summed E-state index contributed by atoms with van der Waals surface area (Å²) in [5, 5.41) is 5.67. The summed E-state index contributed by atoms with van der Waals surface area (Å²) in [4.78, 5) is 38.4. The summed E-state index contributed by atoms with van der Waals surface area (Å²) in [6, 6.07) is 8.74. The number of hydrogen-bond donors (Lipinski definition) is 2. The molecule has 0 unspecified atom stereocenters. The smallest absolute Gasteiger partial charge is 0.325 e.